The molecule has 2 N–H and O–H groups in total. The minimum Gasteiger partial charge on any atom is -0.355 e. The van der Waals surface area contributed by atoms with Gasteiger partial charge in [-0.3, -0.25) is 4.79 Å². The summed E-state index contributed by atoms with van der Waals surface area (Å²) < 4.78 is 0. The van der Waals surface area contributed by atoms with Crippen LogP contribution in [0, 0.1) is 6.92 Å². The smallest absolute Gasteiger partial charge is 0.237 e. The highest BCUT2D eigenvalue weighted by atomic mass is 35.5. The van der Waals surface area contributed by atoms with E-state index in [1.54, 1.807) is 11.3 Å². The van der Waals surface area contributed by atoms with E-state index in [0.717, 1.165) is 50.9 Å². The third kappa shape index (κ3) is 7.45. The van der Waals surface area contributed by atoms with Crippen molar-refractivity contribution in [3.63, 3.8) is 0 Å². The topological polar surface area (TPSA) is 54.0 Å². The molecule has 1 aromatic heterocycles. The van der Waals surface area contributed by atoms with Gasteiger partial charge in [-0.05, 0) is 45.6 Å². The number of halogens is 2. The Balaban J connectivity index is 0.00000200. The van der Waals surface area contributed by atoms with Crippen LogP contribution < -0.4 is 10.6 Å². The summed E-state index contributed by atoms with van der Waals surface area (Å²) in [5.41, 5.74) is 1.11. The average molecular weight is 354 g/mol. The molecular weight excluding hydrogens is 329 g/mol. The van der Waals surface area contributed by atoms with E-state index in [4.69, 9.17) is 0 Å². The molecule has 2 heterocycles. The normalized spacial score (nSPS) is 17.5. The van der Waals surface area contributed by atoms with Gasteiger partial charge in [0.05, 0.1) is 11.0 Å². The maximum Gasteiger partial charge on any atom is 0.237 e. The van der Waals surface area contributed by atoms with Gasteiger partial charge in [0.25, 0.3) is 0 Å². The minimum atomic E-state index is 0. The molecule has 1 saturated heterocycles. The van der Waals surface area contributed by atoms with Gasteiger partial charge in [-0.1, -0.05) is 6.42 Å². The fourth-order valence-electron chi connectivity index (χ4n) is 2.33. The summed E-state index contributed by atoms with van der Waals surface area (Å²) in [6, 6.07) is 0.0374. The highest BCUT2D eigenvalue weighted by Gasteiger charge is 2.19. The van der Waals surface area contributed by atoms with Gasteiger partial charge in [-0.2, -0.15) is 0 Å². The summed E-state index contributed by atoms with van der Waals surface area (Å²) in [7, 11) is 0. The zero-order valence-electron chi connectivity index (χ0n) is 12.4. The van der Waals surface area contributed by atoms with Crippen LogP contribution in [-0.2, 0) is 11.2 Å². The predicted octanol–water partition coefficient (Wildman–Crippen LogP) is 2.88. The van der Waals surface area contributed by atoms with Gasteiger partial charge in [0, 0.05) is 17.6 Å². The van der Waals surface area contributed by atoms with Crippen molar-refractivity contribution in [2.45, 2.75) is 51.5 Å². The molecule has 7 heteroatoms. The molecule has 0 aromatic carbocycles. The average Bonchev–Trinajstić information content (AvgIpc) is 2.85. The van der Waals surface area contributed by atoms with E-state index in [2.05, 4.69) is 21.0 Å². The van der Waals surface area contributed by atoms with Gasteiger partial charge < -0.3 is 10.6 Å². The Bertz CT molecular complexity index is 409. The van der Waals surface area contributed by atoms with Crippen LogP contribution in [0.15, 0.2) is 5.38 Å². The van der Waals surface area contributed by atoms with Gasteiger partial charge in [-0.15, -0.1) is 36.2 Å². The molecule has 21 heavy (non-hydrogen) atoms. The summed E-state index contributed by atoms with van der Waals surface area (Å²) in [5, 5.41) is 9.59. The van der Waals surface area contributed by atoms with E-state index in [0.29, 0.717) is 0 Å². The van der Waals surface area contributed by atoms with Crippen LogP contribution in [0.3, 0.4) is 0 Å². The molecule has 0 saturated carbocycles. The number of aryl methyl sites for hydroxylation is 2. The summed E-state index contributed by atoms with van der Waals surface area (Å²) in [6.45, 7) is 3.78. The second-order valence-electron chi connectivity index (χ2n) is 5.13. The molecule has 0 radical (unpaired) electrons. The van der Waals surface area contributed by atoms with Crippen molar-refractivity contribution < 1.29 is 4.79 Å². The second kappa shape index (κ2) is 11.2. The van der Waals surface area contributed by atoms with Crippen LogP contribution in [0.2, 0.25) is 0 Å². The van der Waals surface area contributed by atoms with Gasteiger partial charge in [-0.25, -0.2) is 4.98 Å². The maximum absolute atomic E-state index is 11.9. The molecule has 2 rings (SSSR count). The molecule has 0 bridgehead atoms. The Labute approximate surface area is 143 Å². The first-order valence-electron chi connectivity index (χ1n) is 7.18. The van der Waals surface area contributed by atoms with Crippen molar-refractivity contribution in [3.05, 3.63) is 16.1 Å². The van der Waals surface area contributed by atoms with E-state index in [9.17, 15) is 4.79 Å². The van der Waals surface area contributed by atoms with E-state index >= 15 is 0 Å². The lowest BCUT2D eigenvalue weighted by atomic mass is 10.0. The molecule has 1 fully saturated rings. The Hall–Kier alpha value is -0.360. The van der Waals surface area contributed by atoms with E-state index in [1.165, 1.54) is 11.4 Å². The van der Waals surface area contributed by atoms with Gasteiger partial charge in [0.1, 0.15) is 0 Å². The summed E-state index contributed by atoms with van der Waals surface area (Å²) in [4.78, 5) is 16.3. The van der Waals surface area contributed by atoms with Crippen molar-refractivity contribution in [3.8, 4) is 0 Å². The molecule has 0 spiro atoms. The quantitative estimate of drug-likeness (QED) is 0.773. The number of carbonyl (C=O) groups is 1. The van der Waals surface area contributed by atoms with Crippen LogP contribution in [-0.4, -0.2) is 30.0 Å². The highest BCUT2D eigenvalue weighted by molar-refractivity contribution is 7.09. The molecule has 122 valence electrons. The second-order valence-corrected chi connectivity index (χ2v) is 6.08. The number of amides is 1. The SMILES string of the molecule is Cc1csc(CCCCNC(=O)[C@H]2CCCCN2)n1.Cl.Cl. The van der Waals surface area contributed by atoms with Crippen molar-refractivity contribution in [2.75, 3.05) is 13.1 Å². The molecule has 4 nitrogen and oxygen atoms in total. The number of nitrogens with zero attached hydrogens (tertiary/aromatic N) is 1. The number of nitrogens with one attached hydrogen (secondary N) is 2. The zero-order valence-corrected chi connectivity index (χ0v) is 14.8. The Morgan fingerprint density at radius 3 is 2.86 bits per heavy atom. The third-order valence-electron chi connectivity index (χ3n) is 3.41. The highest BCUT2D eigenvalue weighted by Crippen LogP contribution is 2.11. The number of thiazole rings is 1. The molecule has 1 atom stereocenters. The molecule has 0 aliphatic carbocycles. The fraction of sp³-hybridized carbons (Fsp3) is 0.714. The zero-order chi connectivity index (χ0) is 13.5. The first-order valence-corrected chi connectivity index (χ1v) is 8.06. The number of carbonyl (C=O) groups excluding carboxylic acids is 1. The van der Waals surface area contributed by atoms with Crippen LogP contribution in [0.4, 0.5) is 0 Å². The third-order valence-corrected chi connectivity index (χ3v) is 4.44. The van der Waals surface area contributed by atoms with E-state index in [1.807, 2.05) is 6.92 Å². The largest absolute Gasteiger partial charge is 0.355 e. The lowest BCUT2D eigenvalue weighted by molar-refractivity contribution is -0.123. The van der Waals surface area contributed by atoms with Crippen LogP contribution >= 0.6 is 36.2 Å². The number of hydrogen-bond donors (Lipinski definition) is 2. The Morgan fingerprint density at radius 1 is 1.43 bits per heavy atom. The molecule has 0 unspecified atom stereocenters. The van der Waals surface area contributed by atoms with Crippen molar-refractivity contribution in [1.29, 1.82) is 0 Å². The number of unbranched alkanes of at least 4 members (excludes halogenated alkanes) is 1. The van der Waals surface area contributed by atoms with E-state index in [-0.39, 0.29) is 36.8 Å². The standard InChI is InChI=1S/C14H23N3OS.2ClH/c1-11-10-19-13(17-11)7-3-5-9-16-14(18)12-6-2-4-8-15-12;;/h10,12,15H,2-9H2,1H3,(H,16,18);2*1H/t12-;;/m1../s1. The van der Waals surface area contributed by atoms with E-state index < -0.39 is 0 Å². The maximum atomic E-state index is 11.9. The molecular formula is C14H25Cl2N3OS. The molecule has 1 aliphatic heterocycles. The monoisotopic (exact) mass is 353 g/mol. The fourth-order valence-corrected chi connectivity index (χ4v) is 3.15. The molecule has 1 aliphatic rings. The molecule has 1 amide bonds. The first-order chi connectivity index (χ1) is 9.25. The molecule has 1 aromatic rings. The summed E-state index contributed by atoms with van der Waals surface area (Å²) in [5.74, 6) is 0.171. The lowest BCUT2D eigenvalue weighted by Crippen LogP contribution is -2.46. The minimum absolute atomic E-state index is 0. The summed E-state index contributed by atoms with van der Waals surface area (Å²) >= 11 is 1.73. The van der Waals surface area contributed by atoms with Crippen molar-refractivity contribution >= 4 is 42.1 Å². The number of aromatic nitrogens is 1. The summed E-state index contributed by atoms with van der Waals surface area (Å²) in [6.07, 6.45) is 6.47. The predicted molar refractivity (Wildman–Crippen MR) is 92.9 cm³/mol. The van der Waals surface area contributed by atoms with Crippen LogP contribution in [0.25, 0.3) is 0 Å². The number of hydrogen-bond acceptors (Lipinski definition) is 4. The van der Waals surface area contributed by atoms with Crippen LogP contribution in [0.5, 0.6) is 0 Å². The van der Waals surface area contributed by atoms with Crippen molar-refractivity contribution in [2.24, 2.45) is 0 Å². The van der Waals surface area contributed by atoms with Crippen molar-refractivity contribution in [1.82, 2.24) is 15.6 Å². The van der Waals surface area contributed by atoms with Gasteiger partial charge >= 0.3 is 0 Å². The Morgan fingerprint density at radius 2 is 2.24 bits per heavy atom. The lowest BCUT2D eigenvalue weighted by Gasteiger charge is -2.22. The number of rotatable bonds is 6. The van der Waals surface area contributed by atoms with Crippen LogP contribution in [0.1, 0.15) is 42.8 Å². The van der Waals surface area contributed by atoms with Gasteiger partial charge in [0.2, 0.25) is 5.91 Å². The first kappa shape index (κ1) is 20.6. The Kier molecular flexibility index (Phi) is 11.0. The number of piperidine rings is 1. The van der Waals surface area contributed by atoms with Gasteiger partial charge in [0.15, 0.2) is 0 Å².